The molecule has 0 spiro atoms. The van der Waals surface area contributed by atoms with Crippen LogP contribution in [0.2, 0.25) is 0 Å². The number of likely N-dealkylation sites (N-methyl/N-ethyl adjacent to an activating group) is 2. The number of aryl methyl sites for hydroxylation is 2. The third kappa shape index (κ3) is 20.4. The van der Waals surface area contributed by atoms with E-state index in [0.29, 0.717) is 0 Å². The number of carboxylic acids is 4. The zero-order valence-corrected chi connectivity index (χ0v) is 26.9. The van der Waals surface area contributed by atoms with Gasteiger partial charge in [-0.15, -0.1) is 0 Å². The van der Waals surface area contributed by atoms with Gasteiger partial charge in [0.1, 0.15) is 0 Å². The molecule has 0 aliphatic rings. The predicted octanol–water partition coefficient (Wildman–Crippen LogP) is 4.99. The van der Waals surface area contributed by atoms with Crippen LogP contribution in [0.4, 0.5) is 0 Å². The minimum Gasteiger partial charge on any atom is -0.473 e. The second kappa shape index (κ2) is 23.8. The Morgan fingerprint density at radius 2 is 0.761 bits per heavy atom. The second-order valence-electron chi connectivity index (χ2n) is 11.0. The van der Waals surface area contributed by atoms with Gasteiger partial charge >= 0.3 is 23.9 Å². The SMILES string of the molecule is CN(CCCCc1ccccc1)CCc1cccc(CCN(C)CCCCc2ccccc2)c1.O=C(O)C(=O)O.O=C(O)C(=O)O. The van der Waals surface area contributed by atoms with Crippen LogP contribution in [0.1, 0.15) is 47.9 Å². The maximum absolute atomic E-state index is 9.10. The first-order chi connectivity index (χ1) is 22.0. The van der Waals surface area contributed by atoms with Crippen molar-refractivity contribution in [2.45, 2.75) is 51.4 Å². The summed E-state index contributed by atoms with van der Waals surface area (Å²) in [6.07, 6.45) is 9.73. The standard InChI is InChI=1S/C32H44N2.2C2H2O4/c1-33(24-11-9-18-29-14-5-3-6-15-29)26-22-31-20-13-21-32(28-31)23-27-34(2)25-12-10-19-30-16-7-4-8-17-30;2*3-1(4)2(5)6/h3-8,13-17,20-21,28H,9-12,18-19,22-27H2,1-2H3;2*(H,3,4)(H,5,6). The molecule has 0 amide bonds. The summed E-state index contributed by atoms with van der Waals surface area (Å²) in [7, 11) is 4.53. The van der Waals surface area contributed by atoms with Crippen LogP contribution in [0.5, 0.6) is 0 Å². The largest absolute Gasteiger partial charge is 0.473 e. The molecule has 0 saturated heterocycles. The van der Waals surface area contributed by atoms with Gasteiger partial charge in [-0.05, 0) is 101 Å². The smallest absolute Gasteiger partial charge is 0.414 e. The van der Waals surface area contributed by atoms with Gasteiger partial charge in [0.15, 0.2) is 0 Å². The average Bonchev–Trinajstić information content (AvgIpc) is 3.05. The fourth-order valence-corrected chi connectivity index (χ4v) is 4.52. The molecule has 0 aliphatic heterocycles. The molecule has 10 heteroatoms. The highest BCUT2D eigenvalue weighted by Gasteiger charge is 2.05. The minimum absolute atomic E-state index is 1.14. The molecular formula is C36H48N2O8. The molecule has 3 rings (SSSR count). The van der Waals surface area contributed by atoms with E-state index >= 15 is 0 Å². The summed E-state index contributed by atoms with van der Waals surface area (Å²) in [4.78, 5) is 41.4. The number of hydrogen-bond donors (Lipinski definition) is 4. The van der Waals surface area contributed by atoms with Crippen molar-refractivity contribution in [3.8, 4) is 0 Å². The Morgan fingerprint density at radius 1 is 0.435 bits per heavy atom. The zero-order valence-electron chi connectivity index (χ0n) is 26.9. The van der Waals surface area contributed by atoms with E-state index in [9.17, 15) is 0 Å². The molecule has 0 aromatic heterocycles. The third-order valence-corrected chi connectivity index (χ3v) is 7.12. The second-order valence-corrected chi connectivity index (χ2v) is 11.0. The number of carboxylic acid groups (broad SMARTS) is 4. The lowest BCUT2D eigenvalue weighted by molar-refractivity contribution is -0.159. The van der Waals surface area contributed by atoms with E-state index in [1.165, 1.54) is 73.9 Å². The van der Waals surface area contributed by atoms with Gasteiger partial charge < -0.3 is 30.2 Å². The Kier molecular flexibility index (Phi) is 20.4. The lowest BCUT2D eigenvalue weighted by Crippen LogP contribution is -2.23. The van der Waals surface area contributed by atoms with E-state index in [-0.39, 0.29) is 0 Å². The highest BCUT2D eigenvalue weighted by atomic mass is 16.4. The molecule has 46 heavy (non-hydrogen) atoms. The number of unbranched alkanes of at least 4 members (excludes halogenated alkanes) is 2. The van der Waals surface area contributed by atoms with Crippen LogP contribution < -0.4 is 0 Å². The van der Waals surface area contributed by atoms with E-state index in [0.717, 1.165) is 25.9 Å². The van der Waals surface area contributed by atoms with E-state index in [4.69, 9.17) is 39.6 Å². The van der Waals surface area contributed by atoms with Crippen LogP contribution in [0.15, 0.2) is 84.9 Å². The molecular weight excluding hydrogens is 588 g/mol. The Labute approximate surface area is 271 Å². The fraction of sp³-hybridized carbons (Fsp3) is 0.389. The fourth-order valence-electron chi connectivity index (χ4n) is 4.52. The van der Waals surface area contributed by atoms with Crippen molar-refractivity contribution < 1.29 is 39.6 Å². The van der Waals surface area contributed by atoms with Crippen LogP contribution in [0, 0.1) is 0 Å². The van der Waals surface area contributed by atoms with E-state index in [1.807, 2.05) is 0 Å². The maximum atomic E-state index is 9.10. The van der Waals surface area contributed by atoms with Gasteiger partial charge in [0, 0.05) is 13.1 Å². The topological polar surface area (TPSA) is 156 Å². The molecule has 0 unspecified atom stereocenters. The third-order valence-electron chi connectivity index (χ3n) is 7.12. The lowest BCUT2D eigenvalue weighted by atomic mass is 10.0. The van der Waals surface area contributed by atoms with E-state index in [1.54, 1.807) is 0 Å². The number of carbonyl (C=O) groups is 4. The Bertz CT molecular complexity index is 1180. The first kappa shape index (κ1) is 39.5. The van der Waals surface area contributed by atoms with Gasteiger partial charge in [-0.25, -0.2) is 19.2 Å². The molecule has 10 nitrogen and oxygen atoms in total. The number of rotatable bonds is 16. The number of hydrogen-bond acceptors (Lipinski definition) is 6. The zero-order chi connectivity index (χ0) is 34.2. The van der Waals surface area contributed by atoms with Crippen molar-refractivity contribution in [1.82, 2.24) is 9.80 Å². The van der Waals surface area contributed by atoms with Gasteiger partial charge in [-0.2, -0.15) is 0 Å². The van der Waals surface area contributed by atoms with E-state index in [2.05, 4.69) is 109 Å². The Balaban J connectivity index is 0.000000747. The Morgan fingerprint density at radius 3 is 1.09 bits per heavy atom. The van der Waals surface area contributed by atoms with Crippen molar-refractivity contribution in [3.05, 3.63) is 107 Å². The van der Waals surface area contributed by atoms with Crippen molar-refractivity contribution in [2.75, 3.05) is 40.3 Å². The molecule has 4 N–H and O–H groups in total. The van der Waals surface area contributed by atoms with Crippen molar-refractivity contribution in [2.24, 2.45) is 0 Å². The number of aliphatic carboxylic acids is 4. The minimum atomic E-state index is -1.82. The lowest BCUT2D eigenvalue weighted by Gasteiger charge is -2.18. The predicted molar refractivity (Wildman–Crippen MR) is 178 cm³/mol. The molecule has 0 radical (unpaired) electrons. The molecule has 3 aromatic carbocycles. The molecule has 0 atom stereocenters. The number of benzene rings is 3. The molecule has 0 fully saturated rings. The Hall–Kier alpha value is -4.54. The summed E-state index contributed by atoms with van der Waals surface area (Å²) in [5.74, 6) is -7.30. The molecule has 250 valence electrons. The van der Waals surface area contributed by atoms with E-state index < -0.39 is 23.9 Å². The van der Waals surface area contributed by atoms with Crippen LogP contribution in [-0.4, -0.2) is 94.4 Å². The summed E-state index contributed by atoms with van der Waals surface area (Å²) in [5, 5.41) is 29.6. The quantitative estimate of drug-likeness (QED) is 0.125. The summed E-state index contributed by atoms with van der Waals surface area (Å²) < 4.78 is 0. The molecule has 0 saturated carbocycles. The van der Waals surface area contributed by atoms with Crippen LogP contribution in [-0.2, 0) is 44.9 Å². The summed E-state index contributed by atoms with van der Waals surface area (Å²) >= 11 is 0. The average molecular weight is 637 g/mol. The van der Waals surface area contributed by atoms with Gasteiger partial charge in [0.2, 0.25) is 0 Å². The molecule has 0 aliphatic carbocycles. The molecule has 3 aromatic rings. The highest BCUT2D eigenvalue weighted by molar-refractivity contribution is 6.27. The van der Waals surface area contributed by atoms with Crippen LogP contribution in [0.3, 0.4) is 0 Å². The highest BCUT2D eigenvalue weighted by Crippen LogP contribution is 2.10. The summed E-state index contributed by atoms with van der Waals surface area (Å²) in [6, 6.07) is 30.9. The molecule has 0 heterocycles. The normalized spacial score (nSPS) is 10.3. The van der Waals surface area contributed by atoms with Crippen LogP contribution >= 0.6 is 0 Å². The van der Waals surface area contributed by atoms with Crippen molar-refractivity contribution in [1.29, 1.82) is 0 Å². The van der Waals surface area contributed by atoms with Gasteiger partial charge in [0.05, 0.1) is 0 Å². The maximum Gasteiger partial charge on any atom is 0.414 e. The molecule has 0 bridgehead atoms. The van der Waals surface area contributed by atoms with Gasteiger partial charge in [-0.1, -0.05) is 84.9 Å². The van der Waals surface area contributed by atoms with Crippen molar-refractivity contribution in [3.63, 3.8) is 0 Å². The summed E-state index contributed by atoms with van der Waals surface area (Å²) in [6.45, 7) is 4.63. The summed E-state index contributed by atoms with van der Waals surface area (Å²) in [5.41, 5.74) is 5.86. The van der Waals surface area contributed by atoms with Gasteiger partial charge in [-0.3, -0.25) is 0 Å². The van der Waals surface area contributed by atoms with Crippen LogP contribution in [0.25, 0.3) is 0 Å². The number of nitrogens with zero attached hydrogens (tertiary/aromatic N) is 2. The first-order valence-corrected chi connectivity index (χ1v) is 15.4. The van der Waals surface area contributed by atoms with Crippen molar-refractivity contribution >= 4 is 23.9 Å². The van der Waals surface area contributed by atoms with Gasteiger partial charge in [0.25, 0.3) is 0 Å². The monoisotopic (exact) mass is 636 g/mol. The first-order valence-electron chi connectivity index (χ1n) is 15.4.